The van der Waals surface area contributed by atoms with Crippen molar-refractivity contribution in [1.29, 1.82) is 0 Å². The second-order valence-corrected chi connectivity index (χ2v) is 7.98. The highest BCUT2D eigenvalue weighted by Gasteiger charge is 2.46. The van der Waals surface area contributed by atoms with Crippen LogP contribution in [0.15, 0.2) is 17.1 Å². The van der Waals surface area contributed by atoms with E-state index < -0.39 is 24.1 Å². The quantitative estimate of drug-likeness (QED) is 0.718. The SMILES string of the molecule is CC(C)(C)S[C@@H]1[C@H](O)[C@H](CO)O[C@@H]1n1ccc(N)nc1=O. The Kier molecular flexibility index (Phi) is 4.62. The van der Waals surface area contributed by atoms with Gasteiger partial charge in [0.15, 0.2) is 6.23 Å². The Bertz CT molecular complexity index is 557. The minimum Gasteiger partial charge on any atom is -0.394 e. The molecule has 21 heavy (non-hydrogen) atoms. The molecule has 4 atom stereocenters. The molecule has 0 aliphatic carbocycles. The van der Waals surface area contributed by atoms with Crippen molar-refractivity contribution < 1.29 is 14.9 Å². The molecule has 2 rings (SSSR count). The maximum absolute atomic E-state index is 12.0. The maximum Gasteiger partial charge on any atom is 0.351 e. The van der Waals surface area contributed by atoms with E-state index in [4.69, 9.17) is 10.5 Å². The minimum absolute atomic E-state index is 0.133. The molecule has 0 spiro atoms. The Balaban J connectivity index is 2.36. The van der Waals surface area contributed by atoms with E-state index >= 15 is 0 Å². The molecule has 0 saturated carbocycles. The number of anilines is 1. The monoisotopic (exact) mass is 315 g/mol. The van der Waals surface area contributed by atoms with E-state index in [0.29, 0.717) is 0 Å². The van der Waals surface area contributed by atoms with Crippen molar-refractivity contribution in [3.63, 3.8) is 0 Å². The number of hydrogen-bond acceptors (Lipinski definition) is 7. The standard InChI is InChI=1S/C13H21N3O4S/c1-13(2,3)21-10-9(18)7(6-17)20-11(10)16-5-4-8(14)15-12(16)19/h4-5,7,9-11,17-18H,6H2,1-3H3,(H2,14,15,19)/t7-,9+,10+,11-/m0/s1. The maximum atomic E-state index is 12.0. The number of aromatic nitrogens is 2. The molecule has 1 saturated heterocycles. The van der Waals surface area contributed by atoms with Gasteiger partial charge in [-0.3, -0.25) is 4.57 Å². The van der Waals surface area contributed by atoms with Gasteiger partial charge in [-0.15, -0.1) is 11.8 Å². The third-order valence-corrected chi connectivity index (χ3v) is 4.60. The smallest absolute Gasteiger partial charge is 0.351 e. The molecule has 0 aromatic carbocycles. The molecule has 118 valence electrons. The van der Waals surface area contributed by atoms with Crippen LogP contribution in [0.1, 0.15) is 27.0 Å². The Labute approximate surface area is 127 Å². The first-order chi connectivity index (χ1) is 9.73. The lowest BCUT2D eigenvalue weighted by Gasteiger charge is -2.28. The number of rotatable bonds is 3. The van der Waals surface area contributed by atoms with Gasteiger partial charge in [0.25, 0.3) is 0 Å². The van der Waals surface area contributed by atoms with E-state index in [9.17, 15) is 15.0 Å². The second kappa shape index (κ2) is 5.96. The number of nitrogens with zero attached hydrogens (tertiary/aromatic N) is 2. The Morgan fingerprint density at radius 3 is 2.71 bits per heavy atom. The average Bonchev–Trinajstić information content (AvgIpc) is 2.65. The van der Waals surface area contributed by atoms with E-state index in [0.717, 1.165) is 0 Å². The summed E-state index contributed by atoms with van der Waals surface area (Å²) < 4.78 is 6.82. The summed E-state index contributed by atoms with van der Waals surface area (Å²) in [7, 11) is 0. The fraction of sp³-hybridized carbons (Fsp3) is 0.692. The Morgan fingerprint density at radius 1 is 1.52 bits per heavy atom. The molecular formula is C13H21N3O4S. The molecule has 7 nitrogen and oxygen atoms in total. The predicted octanol–water partition coefficient (Wildman–Crippen LogP) is -0.0236. The van der Waals surface area contributed by atoms with Crippen molar-refractivity contribution in [3.05, 3.63) is 22.7 Å². The third kappa shape index (κ3) is 3.57. The van der Waals surface area contributed by atoms with E-state index in [2.05, 4.69) is 4.98 Å². The highest BCUT2D eigenvalue weighted by molar-refractivity contribution is 8.01. The summed E-state index contributed by atoms with van der Waals surface area (Å²) in [6.07, 6.45) is -0.784. The zero-order chi connectivity index (χ0) is 15.8. The molecule has 0 amide bonds. The van der Waals surface area contributed by atoms with E-state index in [-0.39, 0.29) is 22.4 Å². The zero-order valence-corrected chi connectivity index (χ0v) is 13.1. The van der Waals surface area contributed by atoms with Crippen molar-refractivity contribution >= 4 is 17.6 Å². The summed E-state index contributed by atoms with van der Waals surface area (Å²) in [5.41, 5.74) is 4.95. The first-order valence-electron chi connectivity index (χ1n) is 6.70. The first kappa shape index (κ1) is 16.3. The van der Waals surface area contributed by atoms with Crippen LogP contribution in [0.2, 0.25) is 0 Å². The van der Waals surface area contributed by atoms with Crippen LogP contribution in [0.5, 0.6) is 0 Å². The molecule has 0 unspecified atom stereocenters. The third-order valence-electron chi connectivity index (χ3n) is 3.11. The van der Waals surface area contributed by atoms with Gasteiger partial charge in [-0.05, 0) is 6.07 Å². The van der Waals surface area contributed by atoms with Crippen LogP contribution in [0.4, 0.5) is 5.82 Å². The first-order valence-corrected chi connectivity index (χ1v) is 7.58. The summed E-state index contributed by atoms with van der Waals surface area (Å²) in [5, 5.41) is 19.3. The lowest BCUT2D eigenvalue weighted by Crippen LogP contribution is -2.36. The van der Waals surface area contributed by atoms with Crippen molar-refractivity contribution in [3.8, 4) is 0 Å². The van der Waals surface area contributed by atoms with Crippen molar-refractivity contribution in [2.45, 2.75) is 49.2 Å². The number of nitrogens with two attached hydrogens (primary N) is 1. The fourth-order valence-corrected chi connectivity index (χ4v) is 3.69. The van der Waals surface area contributed by atoms with E-state index in [1.54, 1.807) is 0 Å². The Morgan fingerprint density at radius 2 is 2.19 bits per heavy atom. The number of aliphatic hydroxyl groups is 2. The fourth-order valence-electron chi connectivity index (χ4n) is 2.25. The molecule has 0 radical (unpaired) electrons. The number of thioether (sulfide) groups is 1. The van der Waals surface area contributed by atoms with Crippen molar-refractivity contribution in [2.75, 3.05) is 12.3 Å². The number of aliphatic hydroxyl groups excluding tert-OH is 2. The van der Waals surface area contributed by atoms with Crippen LogP contribution in [0.25, 0.3) is 0 Å². The van der Waals surface area contributed by atoms with Crippen LogP contribution in [-0.4, -0.2) is 48.6 Å². The van der Waals surface area contributed by atoms with E-state index in [1.165, 1.54) is 28.6 Å². The Hall–Kier alpha value is -1.09. The summed E-state index contributed by atoms with van der Waals surface area (Å²) >= 11 is 1.50. The molecule has 1 fully saturated rings. The topological polar surface area (TPSA) is 111 Å². The molecule has 1 aliphatic heterocycles. The lowest BCUT2D eigenvalue weighted by atomic mass is 10.2. The van der Waals surface area contributed by atoms with Crippen molar-refractivity contribution in [1.82, 2.24) is 9.55 Å². The number of ether oxygens (including phenoxy) is 1. The van der Waals surface area contributed by atoms with Gasteiger partial charge in [0.05, 0.1) is 18.0 Å². The molecule has 1 aliphatic rings. The molecule has 1 aromatic heterocycles. The molecule has 1 aromatic rings. The van der Waals surface area contributed by atoms with Gasteiger partial charge >= 0.3 is 5.69 Å². The van der Waals surface area contributed by atoms with Crippen LogP contribution in [0, 0.1) is 0 Å². The van der Waals surface area contributed by atoms with E-state index in [1.807, 2.05) is 20.8 Å². The molecule has 2 heterocycles. The van der Waals surface area contributed by atoms with Crippen LogP contribution in [0.3, 0.4) is 0 Å². The van der Waals surface area contributed by atoms with Gasteiger partial charge in [0.1, 0.15) is 11.9 Å². The van der Waals surface area contributed by atoms with Crippen LogP contribution in [-0.2, 0) is 4.74 Å². The van der Waals surface area contributed by atoms with Gasteiger partial charge in [0.2, 0.25) is 0 Å². The molecule has 8 heteroatoms. The van der Waals surface area contributed by atoms with Gasteiger partial charge in [-0.25, -0.2) is 4.79 Å². The van der Waals surface area contributed by atoms with Crippen LogP contribution < -0.4 is 11.4 Å². The summed E-state index contributed by atoms with van der Waals surface area (Å²) in [5.74, 6) is 0.133. The predicted molar refractivity (Wildman–Crippen MR) is 81.0 cm³/mol. The summed E-state index contributed by atoms with van der Waals surface area (Å²) in [6, 6.07) is 1.50. The summed E-state index contributed by atoms with van der Waals surface area (Å²) in [4.78, 5) is 15.7. The van der Waals surface area contributed by atoms with Crippen LogP contribution >= 0.6 is 11.8 Å². The largest absolute Gasteiger partial charge is 0.394 e. The normalized spacial score (nSPS) is 29.8. The molecular weight excluding hydrogens is 294 g/mol. The highest BCUT2D eigenvalue weighted by Crippen LogP contribution is 2.42. The van der Waals surface area contributed by atoms with Gasteiger partial charge in [-0.2, -0.15) is 4.98 Å². The van der Waals surface area contributed by atoms with Crippen molar-refractivity contribution in [2.24, 2.45) is 0 Å². The van der Waals surface area contributed by atoms with Gasteiger partial charge in [-0.1, -0.05) is 20.8 Å². The molecule has 0 bridgehead atoms. The number of hydrogen-bond donors (Lipinski definition) is 3. The average molecular weight is 315 g/mol. The molecule has 4 N–H and O–H groups in total. The zero-order valence-electron chi connectivity index (χ0n) is 12.3. The lowest BCUT2D eigenvalue weighted by molar-refractivity contribution is -0.0456. The highest BCUT2D eigenvalue weighted by atomic mass is 32.2. The number of nitrogen functional groups attached to an aromatic ring is 1. The second-order valence-electron chi connectivity index (χ2n) is 5.98. The van der Waals surface area contributed by atoms with Gasteiger partial charge < -0.3 is 20.7 Å². The summed E-state index contributed by atoms with van der Waals surface area (Å²) in [6.45, 7) is 5.73. The minimum atomic E-state index is -0.867. The van der Waals surface area contributed by atoms with Gasteiger partial charge in [0, 0.05) is 10.9 Å².